The zero-order valence-electron chi connectivity index (χ0n) is 13.4. The van der Waals surface area contributed by atoms with E-state index in [1.165, 1.54) is 17.0 Å². The first-order valence-corrected chi connectivity index (χ1v) is 7.97. The molecule has 3 rings (SSSR count). The molecule has 2 aliphatic rings. The number of ether oxygens (including phenoxy) is 1. The van der Waals surface area contributed by atoms with Gasteiger partial charge in [0.25, 0.3) is 0 Å². The Bertz CT molecular complexity index is 673. The molecule has 2 aliphatic heterocycles. The summed E-state index contributed by atoms with van der Waals surface area (Å²) in [6.45, 7) is 1.07. The van der Waals surface area contributed by atoms with E-state index >= 15 is 0 Å². The molecule has 2 atom stereocenters. The zero-order valence-corrected chi connectivity index (χ0v) is 13.4. The molecular weight excluding hydrogens is 339 g/mol. The number of carboxylic acids is 1. The predicted molar refractivity (Wildman–Crippen MR) is 80.7 cm³/mol. The maximum Gasteiger partial charge on any atom is 0.416 e. The fourth-order valence-corrected chi connectivity index (χ4v) is 3.59. The smallest absolute Gasteiger partial charge is 0.416 e. The van der Waals surface area contributed by atoms with Gasteiger partial charge in [-0.3, -0.25) is 9.59 Å². The summed E-state index contributed by atoms with van der Waals surface area (Å²) in [5.74, 6) is -1.46. The minimum absolute atomic E-state index is 0.0542. The molecule has 25 heavy (non-hydrogen) atoms. The molecular formula is C17H18F3NO4. The molecule has 1 amide bonds. The van der Waals surface area contributed by atoms with Gasteiger partial charge in [0.15, 0.2) is 0 Å². The Morgan fingerprint density at radius 2 is 1.96 bits per heavy atom. The summed E-state index contributed by atoms with van der Waals surface area (Å²) in [6, 6.07) is 4.44. The number of likely N-dealkylation sites (tertiary alicyclic amines) is 1. The van der Waals surface area contributed by atoms with Crippen molar-refractivity contribution in [1.29, 1.82) is 0 Å². The van der Waals surface area contributed by atoms with E-state index in [2.05, 4.69) is 0 Å². The van der Waals surface area contributed by atoms with E-state index in [1.807, 2.05) is 0 Å². The third kappa shape index (κ3) is 3.35. The molecule has 2 heterocycles. The molecule has 2 saturated heterocycles. The van der Waals surface area contributed by atoms with Crippen LogP contribution in [0.15, 0.2) is 24.3 Å². The minimum Gasteiger partial charge on any atom is -0.481 e. The van der Waals surface area contributed by atoms with Gasteiger partial charge in [0.05, 0.1) is 24.0 Å². The van der Waals surface area contributed by atoms with Gasteiger partial charge in [-0.15, -0.1) is 0 Å². The van der Waals surface area contributed by atoms with Gasteiger partial charge in [0, 0.05) is 25.6 Å². The van der Waals surface area contributed by atoms with E-state index in [0.717, 1.165) is 12.1 Å². The maximum absolute atomic E-state index is 12.6. The average molecular weight is 357 g/mol. The molecule has 1 aromatic rings. The molecule has 0 unspecified atom stereocenters. The minimum atomic E-state index is -4.42. The molecule has 1 aromatic carbocycles. The molecule has 1 N–H and O–H groups in total. The predicted octanol–water partition coefficient (Wildman–Crippen LogP) is 2.20. The van der Waals surface area contributed by atoms with Crippen molar-refractivity contribution in [3.05, 3.63) is 35.4 Å². The Balaban J connectivity index is 1.69. The van der Waals surface area contributed by atoms with E-state index in [-0.39, 0.29) is 24.8 Å². The van der Waals surface area contributed by atoms with Crippen LogP contribution in [0.4, 0.5) is 13.2 Å². The van der Waals surface area contributed by atoms with Crippen LogP contribution in [0.2, 0.25) is 0 Å². The number of alkyl halides is 3. The van der Waals surface area contributed by atoms with Crippen molar-refractivity contribution >= 4 is 11.9 Å². The van der Waals surface area contributed by atoms with Crippen molar-refractivity contribution in [2.24, 2.45) is 11.3 Å². The average Bonchev–Trinajstić information content (AvgIpc) is 2.95. The molecule has 136 valence electrons. The molecule has 0 spiro atoms. The number of benzene rings is 1. The maximum atomic E-state index is 12.6. The van der Waals surface area contributed by atoms with Gasteiger partial charge in [0.2, 0.25) is 5.91 Å². The van der Waals surface area contributed by atoms with Crippen molar-refractivity contribution in [3.63, 3.8) is 0 Å². The van der Waals surface area contributed by atoms with Gasteiger partial charge >= 0.3 is 12.1 Å². The normalized spacial score (nSPS) is 26.4. The van der Waals surface area contributed by atoms with E-state index in [1.54, 1.807) is 0 Å². The second-order valence-electron chi connectivity index (χ2n) is 6.63. The lowest BCUT2D eigenvalue weighted by Gasteiger charge is -2.33. The number of hydrogen-bond donors (Lipinski definition) is 1. The fraction of sp³-hybridized carbons (Fsp3) is 0.529. The Morgan fingerprint density at radius 3 is 2.52 bits per heavy atom. The Hall–Kier alpha value is -2.09. The van der Waals surface area contributed by atoms with Crippen LogP contribution in [-0.4, -0.2) is 48.2 Å². The molecule has 2 fully saturated rings. The lowest BCUT2D eigenvalue weighted by Crippen LogP contribution is -2.45. The summed E-state index contributed by atoms with van der Waals surface area (Å²) in [6.07, 6.45) is -4.11. The molecule has 5 nitrogen and oxygen atoms in total. The highest BCUT2D eigenvalue weighted by atomic mass is 19.4. The Kier molecular flexibility index (Phi) is 4.49. The number of carboxylic acid groups (broad SMARTS) is 1. The molecule has 0 radical (unpaired) electrons. The van der Waals surface area contributed by atoms with E-state index in [9.17, 15) is 27.9 Å². The van der Waals surface area contributed by atoms with E-state index in [4.69, 9.17) is 4.74 Å². The van der Waals surface area contributed by atoms with Crippen LogP contribution >= 0.6 is 0 Å². The summed E-state index contributed by atoms with van der Waals surface area (Å²) in [7, 11) is 0. The number of amides is 1. The van der Waals surface area contributed by atoms with Crippen molar-refractivity contribution in [2.45, 2.75) is 19.0 Å². The fourth-order valence-electron chi connectivity index (χ4n) is 3.59. The Morgan fingerprint density at radius 1 is 1.28 bits per heavy atom. The van der Waals surface area contributed by atoms with Crippen LogP contribution in [0.3, 0.4) is 0 Å². The van der Waals surface area contributed by atoms with Crippen molar-refractivity contribution in [1.82, 2.24) is 4.90 Å². The molecule has 0 aliphatic carbocycles. The summed E-state index contributed by atoms with van der Waals surface area (Å²) in [5, 5.41) is 9.60. The quantitative estimate of drug-likeness (QED) is 0.901. The first kappa shape index (κ1) is 17.7. The van der Waals surface area contributed by atoms with E-state index < -0.39 is 23.1 Å². The van der Waals surface area contributed by atoms with E-state index in [0.29, 0.717) is 31.7 Å². The number of nitrogens with zero attached hydrogens (tertiary/aromatic N) is 1. The van der Waals surface area contributed by atoms with Crippen LogP contribution < -0.4 is 0 Å². The highest BCUT2D eigenvalue weighted by Gasteiger charge is 2.54. The van der Waals surface area contributed by atoms with Crippen LogP contribution in [0.5, 0.6) is 0 Å². The lowest BCUT2D eigenvalue weighted by atomic mass is 9.74. The SMILES string of the molecule is O=C(Cc1ccc(C(F)(F)F)cc1)N1C[C@@H]2COCC[C@]2(C(=O)O)C1. The van der Waals surface area contributed by atoms with Gasteiger partial charge in [-0.1, -0.05) is 12.1 Å². The van der Waals surface area contributed by atoms with Crippen LogP contribution in [0.25, 0.3) is 0 Å². The van der Waals surface area contributed by atoms with Gasteiger partial charge in [-0.05, 0) is 24.1 Å². The van der Waals surface area contributed by atoms with Crippen molar-refractivity contribution < 1.29 is 32.6 Å². The van der Waals surface area contributed by atoms with Gasteiger partial charge < -0.3 is 14.7 Å². The topological polar surface area (TPSA) is 66.8 Å². The Labute approximate surface area is 142 Å². The highest BCUT2D eigenvalue weighted by Crippen LogP contribution is 2.42. The first-order valence-electron chi connectivity index (χ1n) is 7.97. The van der Waals surface area contributed by atoms with Gasteiger partial charge in [-0.25, -0.2) is 0 Å². The number of halogens is 3. The zero-order chi connectivity index (χ0) is 18.2. The van der Waals surface area contributed by atoms with Crippen molar-refractivity contribution in [3.8, 4) is 0 Å². The summed E-state index contributed by atoms with van der Waals surface area (Å²) < 4.78 is 43.1. The number of hydrogen-bond acceptors (Lipinski definition) is 3. The molecule has 0 saturated carbocycles. The number of aliphatic carboxylic acids is 1. The third-order valence-corrected chi connectivity index (χ3v) is 5.12. The summed E-state index contributed by atoms with van der Waals surface area (Å²) in [4.78, 5) is 25.7. The highest BCUT2D eigenvalue weighted by molar-refractivity contribution is 5.82. The second kappa shape index (κ2) is 6.33. The monoisotopic (exact) mass is 357 g/mol. The van der Waals surface area contributed by atoms with Crippen molar-refractivity contribution in [2.75, 3.05) is 26.3 Å². The van der Waals surface area contributed by atoms with Crippen LogP contribution in [0.1, 0.15) is 17.5 Å². The number of rotatable bonds is 3. The standard InChI is InChI=1S/C17H18F3NO4/c18-17(19,20)12-3-1-11(2-4-12)7-14(22)21-8-13-9-25-6-5-16(13,10-21)15(23)24/h1-4,13H,5-10H2,(H,23,24)/t13-,16+/m1/s1. The number of carbonyl (C=O) groups excluding carboxylic acids is 1. The summed E-state index contributed by atoms with van der Waals surface area (Å²) >= 11 is 0. The molecule has 0 aromatic heterocycles. The second-order valence-corrected chi connectivity index (χ2v) is 6.63. The first-order chi connectivity index (χ1) is 11.7. The van der Waals surface area contributed by atoms with Gasteiger partial charge in [0.1, 0.15) is 0 Å². The third-order valence-electron chi connectivity index (χ3n) is 5.12. The number of carbonyl (C=O) groups is 2. The number of fused-ring (bicyclic) bond motifs is 1. The van der Waals surface area contributed by atoms with Gasteiger partial charge in [-0.2, -0.15) is 13.2 Å². The molecule has 0 bridgehead atoms. The molecule has 8 heteroatoms. The van der Waals surface area contributed by atoms with Crippen LogP contribution in [-0.2, 0) is 26.9 Å². The summed E-state index contributed by atoms with van der Waals surface area (Å²) in [5.41, 5.74) is -1.28. The largest absolute Gasteiger partial charge is 0.481 e. The lowest BCUT2D eigenvalue weighted by molar-refractivity contribution is -0.157. The van der Waals surface area contributed by atoms with Crippen LogP contribution in [0, 0.1) is 11.3 Å².